The first-order chi connectivity index (χ1) is 30.8. The number of aliphatic hydroxyl groups excluding tert-OH is 5. The maximum Gasteiger partial charge on any atom is 0.220 e. The van der Waals surface area contributed by atoms with E-state index in [1.807, 2.05) is 6.08 Å². The summed E-state index contributed by atoms with van der Waals surface area (Å²) in [4.78, 5) is 13.0. The van der Waals surface area contributed by atoms with Crippen molar-refractivity contribution in [3.8, 4) is 0 Å². The summed E-state index contributed by atoms with van der Waals surface area (Å²) < 4.78 is 11.3. The average Bonchev–Trinajstić information content (AvgIpc) is 3.28. The number of amides is 1. The fourth-order valence-corrected chi connectivity index (χ4v) is 8.98. The zero-order valence-electron chi connectivity index (χ0n) is 41.4. The molecule has 1 aliphatic rings. The van der Waals surface area contributed by atoms with Crippen LogP contribution < -0.4 is 5.32 Å². The fourth-order valence-electron chi connectivity index (χ4n) is 8.98. The van der Waals surface area contributed by atoms with E-state index in [1.54, 1.807) is 6.08 Å². The summed E-state index contributed by atoms with van der Waals surface area (Å²) >= 11 is 0. The summed E-state index contributed by atoms with van der Waals surface area (Å²) in [7, 11) is 0. The highest BCUT2D eigenvalue weighted by Crippen LogP contribution is 2.23. The van der Waals surface area contributed by atoms with E-state index in [9.17, 15) is 30.3 Å². The first-order valence-corrected chi connectivity index (χ1v) is 27.4. The lowest BCUT2D eigenvalue weighted by Gasteiger charge is -2.40. The van der Waals surface area contributed by atoms with Crippen molar-refractivity contribution in [2.45, 2.75) is 314 Å². The number of carbonyl (C=O) groups excluding carboxylic acids is 1. The minimum atomic E-state index is -1.56. The van der Waals surface area contributed by atoms with E-state index >= 15 is 0 Å². The van der Waals surface area contributed by atoms with Crippen molar-refractivity contribution in [2.75, 3.05) is 13.2 Å². The lowest BCUT2D eigenvalue weighted by atomic mass is 9.99. The standard InChI is InChI=1S/C54H105NO8/c1-3-5-7-9-11-13-15-17-19-21-23-25-27-29-31-33-35-37-39-41-43-48(57)47(46-62-54-53(61)52(60)51(59)49(45-56)63-54)55-50(58)44-42-40-38-36-34-32-30-28-26-24-22-20-18-16-14-12-10-8-6-4-2/h41,43,47-49,51-54,56-57,59-61H,3-40,42,44-46H2,1-2H3,(H,55,58)/b43-41+. The summed E-state index contributed by atoms with van der Waals surface area (Å²) in [6.45, 7) is 3.82. The molecular weight excluding hydrogens is 791 g/mol. The molecule has 0 aromatic carbocycles. The van der Waals surface area contributed by atoms with Crippen LogP contribution in [-0.4, -0.2) is 87.5 Å². The second-order valence-corrected chi connectivity index (χ2v) is 19.4. The van der Waals surface area contributed by atoms with Crippen LogP contribution in [-0.2, 0) is 14.3 Å². The van der Waals surface area contributed by atoms with Crippen molar-refractivity contribution >= 4 is 5.91 Å². The van der Waals surface area contributed by atoms with Crippen LogP contribution in [0.5, 0.6) is 0 Å². The van der Waals surface area contributed by atoms with Crippen molar-refractivity contribution in [1.29, 1.82) is 0 Å². The molecule has 374 valence electrons. The van der Waals surface area contributed by atoms with Gasteiger partial charge in [-0.1, -0.05) is 257 Å². The van der Waals surface area contributed by atoms with Gasteiger partial charge >= 0.3 is 0 Å². The molecular formula is C54H105NO8. The van der Waals surface area contributed by atoms with E-state index in [0.717, 1.165) is 38.5 Å². The Hall–Kier alpha value is -1.07. The summed E-state index contributed by atoms with van der Waals surface area (Å²) in [6.07, 6.45) is 46.9. The van der Waals surface area contributed by atoms with Gasteiger partial charge in [-0.2, -0.15) is 0 Å². The highest BCUT2D eigenvalue weighted by atomic mass is 16.7. The Labute approximate surface area is 388 Å². The van der Waals surface area contributed by atoms with Crippen LogP contribution in [0.3, 0.4) is 0 Å². The largest absolute Gasteiger partial charge is 0.394 e. The van der Waals surface area contributed by atoms with Gasteiger partial charge in [-0.15, -0.1) is 0 Å². The number of unbranched alkanes of at least 4 members (excludes halogenated alkanes) is 37. The SMILES string of the molecule is CCCCCCCCCCCCCCCCCCCC/C=C/C(O)C(COC1OC(CO)C(O)C(O)C1O)NC(=O)CCCCCCCCCCCCCCCCCCCCCC. The van der Waals surface area contributed by atoms with Crippen LogP contribution in [0, 0.1) is 0 Å². The van der Waals surface area contributed by atoms with E-state index < -0.39 is 49.5 Å². The van der Waals surface area contributed by atoms with Crippen LogP contribution in [0.4, 0.5) is 0 Å². The smallest absolute Gasteiger partial charge is 0.220 e. The molecule has 1 fully saturated rings. The average molecular weight is 896 g/mol. The summed E-state index contributed by atoms with van der Waals surface area (Å²) in [5.74, 6) is -0.171. The summed E-state index contributed by atoms with van der Waals surface area (Å²) in [5.41, 5.74) is 0. The van der Waals surface area contributed by atoms with Crippen LogP contribution in [0.15, 0.2) is 12.2 Å². The number of rotatable bonds is 47. The first-order valence-electron chi connectivity index (χ1n) is 27.4. The first kappa shape index (κ1) is 59.9. The molecule has 1 heterocycles. The Kier molecular flexibility index (Phi) is 42.6. The third-order valence-corrected chi connectivity index (χ3v) is 13.4. The number of nitrogens with one attached hydrogen (secondary N) is 1. The van der Waals surface area contributed by atoms with Gasteiger partial charge in [-0.25, -0.2) is 0 Å². The number of ether oxygens (including phenoxy) is 2. The molecule has 1 rings (SSSR count). The Morgan fingerprint density at radius 1 is 0.524 bits per heavy atom. The van der Waals surface area contributed by atoms with Crippen molar-refractivity contribution < 1.29 is 39.8 Å². The Morgan fingerprint density at radius 3 is 1.24 bits per heavy atom. The minimum absolute atomic E-state index is 0.171. The lowest BCUT2D eigenvalue weighted by molar-refractivity contribution is -0.302. The third kappa shape index (κ3) is 34.8. The van der Waals surface area contributed by atoms with Gasteiger partial charge in [-0.3, -0.25) is 4.79 Å². The Bertz CT molecular complexity index is 997. The molecule has 0 aliphatic carbocycles. The van der Waals surface area contributed by atoms with Crippen LogP contribution >= 0.6 is 0 Å². The number of carbonyl (C=O) groups is 1. The maximum absolute atomic E-state index is 13.0. The highest BCUT2D eigenvalue weighted by molar-refractivity contribution is 5.76. The van der Waals surface area contributed by atoms with Gasteiger partial charge in [0, 0.05) is 6.42 Å². The van der Waals surface area contributed by atoms with E-state index in [-0.39, 0.29) is 12.5 Å². The minimum Gasteiger partial charge on any atom is -0.394 e. The fraction of sp³-hybridized carbons (Fsp3) is 0.944. The second kappa shape index (κ2) is 44.7. The van der Waals surface area contributed by atoms with Gasteiger partial charge < -0.3 is 40.3 Å². The molecule has 0 radical (unpaired) electrons. The molecule has 0 aromatic rings. The topological polar surface area (TPSA) is 149 Å². The van der Waals surface area contributed by atoms with E-state index in [4.69, 9.17) is 9.47 Å². The normalized spacial score (nSPS) is 20.1. The maximum atomic E-state index is 13.0. The Morgan fingerprint density at radius 2 is 0.873 bits per heavy atom. The predicted octanol–water partition coefficient (Wildman–Crippen LogP) is 12.8. The quantitative estimate of drug-likeness (QED) is 0.0261. The zero-order chi connectivity index (χ0) is 45.9. The molecule has 1 saturated heterocycles. The molecule has 0 spiro atoms. The predicted molar refractivity (Wildman–Crippen MR) is 263 cm³/mol. The molecule has 0 aromatic heterocycles. The van der Waals surface area contributed by atoms with Crippen molar-refractivity contribution in [3.05, 3.63) is 12.2 Å². The van der Waals surface area contributed by atoms with Crippen LogP contribution in [0.1, 0.15) is 271 Å². The van der Waals surface area contributed by atoms with Crippen LogP contribution in [0.25, 0.3) is 0 Å². The molecule has 1 amide bonds. The molecule has 1 aliphatic heterocycles. The summed E-state index contributed by atoms with van der Waals surface area (Å²) in [6, 6.07) is -0.799. The van der Waals surface area contributed by atoms with Crippen molar-refractivity contribution in [2.24, 2.45) is 0 Å². The summed E-state index contributed by atoms with van der Waals surface area (Å²) in [5, 5.41) is 54.4. The highest BCUT2D eigenvalue weighted by Gasteiger charge is 2.44. The van der Waals surface area contributed by atoms with Gasteiger partial charge in [0.1, 0.15) is 24.4 Å². The molecule has 9 nitrogen and oxygen atoms in total. The van der Waals surface area contributed by atoms with E-state index in [0.29, 0.717) is 6.42 Å². The van der Waals surface area contributed by atoms with Crippen molar-refractivity contribution in [1.82, 2.24) is 5.32 Å². The molecule has 0 saturated carbocycles. The third-order valence-electron chi connectivity index (χ3n) is 13.4. The molecule has 7 unspecified atom stereocenters. The van der Waals surface area contributed by atoms with Crippen molar-refractivity contribution in [3.63, 3.8) is 0 Å². The molecule has 63 heavy (non-hydrogen) atoms. The van der Waals surface area contributed by atoms with Gasteiger partial charge in [0.25, 0.3) is 0 Å². The van der Waals surface area contributed by atoms with Gasteiger partial charge in [-0.05, 0) is 19.3 Å². The zero-order valence-corrected chi connectivity index (χ0v) is 41.4. The number of hydrogen-bond donors (Lipinski definition) is 6. The second-order valence-electron chi connectivity index (χ2n) is 19.4. The van der Waals surface area contributed by atoms with Gasteiger partial charge in [0.05, 0.1) is 25.4 Å². The molecule has 7 atom stereocenters. The molecule has 0 bridgehead atoms. The lowest BCUT2D eigenvalue weighted by Crippen LogP contribution is -2.60. The number of aliphatic hydroxyl groups is 5. The monoisotopic (exact) mass is 896 g/mol. The van der Waals surface area contributed by atoms with Gasteiger partial charge in [0.2, 0.25) is 5.91 Å². The van der Waals surface area contributed by atoms with Crippen LogP contribution in [0.2, 0.25) is 0 Å². The Balaban J connectivity index is 2.25. The van der Waals surface area contributed by atoms with Gasteiger partial charge in [0.15, 0.2) is 6.29 Å². The molecule has 9 heteroatoms. The van der Waals surface area contributed by atoms with E-state index in [1.165, 1.54) is 212 Å². The number of hydrogen-bond acceptors (Lipinski definition) is 8. The molecule has 6 N–H and O–H groups in total. The van der Waals surface area contributed by atoms with E-state index in [2.05, 4.69) is 19.2 Å². The number of allylic oxidation sites excluding steroid dienone is 1.